The minimum Gasteiger partial charge on any atom is -0.354 e. The molecular weight excluding hydrogens is 641 g/mol. The molecule has 0 aliphatic carbocycles. The van der Waals surface area contributed by atoms with E-state index in [2.05, 4.69) is 5.32 Å². The monoisotopic (exact) mass is 679 g/mol. The molecule has 0 bridgehead atoms. The molecule has 0 radical (unpaired) electrons. The number of nitrogens with one attached hydrogen (secondary N) is 1. The first-order chi connectivity index (χ1) is 22.0. The zero-order valence-corrected chi connectivity index (χ0v) is 28.6. The summed E-state index contributed by atoms with van der Waals surface area (Å²) in [5.74, 6) is -0.858. The zero-order valence-electron chi connectivity index (χ0n) is 26.2. The van der Waals surface area contributed by atoms with Crippen LogP contribution in [0.5, 0.6) is 0 Å². The number of amides is 2. The van der Waals surface area contributed by atoms with Crippen molar-refractivity contribution in [3.05, 3.63) is 129 Å². The number of rotatable bonds is 14. The number of sulfonamides is 1. The minimum absolute atomic E-state index is 0.0349. The summed E-state index contributed by atoms with van der Waals surface area (Å²) >= 11 is 12.6. The number of hydrogen-bond acceptors (Lipinski definition) is 4. The minimum atomic E-state index is -4.23. The number of benzene rings is 4. The van der Waals surface area contributed by atoms with Crippen LogP contribution < -0.4 is 9.62 Å². The van der Waals surface area contributed by atoms with E-state index in [-0.39, 0.29) is 29.5 Å². The number of anilines is 1. The molecule has 10 heteroatoms. The van der Waals surface area contributed by atoms with Crippen molar-refractivity contribution in [1.82, 2.24) is 10.2 Å². The summed E-state index contributed by atoms with van der Waals surface area (Å²) in [5.41, 5.74) is 3.29. The summed E-state index contributed by atoms with van der Waals surface area (Å²) in [4.78, 5) is 29.9. The normalized spacial score (nSPS) is 11.9. The third-order valence-electron chi connectivity index (χ3n) is 7.76. The highest BCUT2D eigenvalue weighted by Crippen LogP contribution is 2.31. The molecule has 242 valence electrons. The van der Waals surface area contributed by atoms with Crippen molar-refractivity contribution in [3.8, 4) is 0 Å². The molecule has 0 heterocycles. The lowest BCUT2D eigenvalue weighted by atomic mass is 10.0. The van der Waals surface area contributed by atoms with Gasteiger partial charge in [0.05, 0.1) is 10.6 Å². The second kappa shape index (κ2) is 16.1. The van der Waals surface area contributed by atoms with E-state index in [9.17, 15) is 18.0 Å². The van der Waals surface area contributed by atoms with Crippen molar-refractivity contribution in [3.63, 3.8) is 0 Å². The van der Waals surface area contributed by atoms with Gasteiger partial charge in [0, 0.05) is 29.6 Å². The number of nitrogens with zero attached hydrogens (tertiary/aromatic N) is 2. The Morgan fingerprint density at radius 1 is 0.826 bits per heavy atom. The van der Waals surface area contributed by atoms with E-state index in [0.717, 1.165) is 33.8 Å². The first-order valence-electron chi connectivity index (χ1n) is 15.2. The van der Waals surface area contributed by atoms with E-state index in [1.807, 2.05) is 44.2 Å². The molecule has 4 aromatic carbocycles. The molecule has 4 aromatic rings. The Morgan fingerprint density at radius 2 is 1.50 bits per heavy atom. The lowest BCUT2D eigenvalue weighted by molar-refractivity contribution is -0.140. The van der Waals surface area contributed by atoms with E-state index in [4.69, 9.17) is 23.2 Å². The molecule has 46 heavy (non-hydrogen) atoms. The van der Waals surface area contributed by atoms with E-state index >= 15 is 0 Å². The standard InChI is InChI=1S/C36H39Cl2N3O4S/c1-4-5-22-39-36(43)34(23-28-10-7-6-8-11-28)40(24-29-16-18-30(37)19-17-29)35(42)25-41(33-13-9-12-32(38)27(33)3)46(44,45)31-20-14-26(2)15-21-31/h6-21,34H,4-5,22-25H2,1-3H3,(H,39,43)/t34-/m1/s1. The predicted molar refractivity (Wildman–Crippen MR) is 186 cm³/mol. The highest BCUT2D eigenvalue weighted by atomic mass is 35.5. The van der Waals surface area contributed by atoms with Gasteiger partial charge in [-0.25, -0.2) is 8.42 Å². The van der Waals surface area contributed by atoms with Gasteiger partial charge in [0.1, 0.15) is 12.6 Å². The van der Waals surface area contributed by atoms with Gasteiger partial charge < -0.3 is 10.2 Å². The average Bonchev–Trinajstić information content (AvgIpc) is 3.04. The molecule has 1 atom stereocenters. The lowest BCUT2D eigenvalue weighted by Crippen LogP contribution is -2.53. The lowest BCUT2D eigenvalue weighted by Gasteiger charge is -2.34. The topological polar surface area (TPSA) is 86.8 Å². The van der Waals surface area contributed by atoms with Crippen molar-refractivity contribution in [1.29, 1.82) is 0 Å². The van der Waals surface area contributed by atoms with Crippen molar-refractivity contribution >= 4 is 50.7 Å². The van der Waals surface area contributed by atoms with Crippen LogP contribution in [0.1, 0.15) is 42.0 Å². The summed E-state index contributed by atoms with van der Waals surface area (Å²) in [5, 5.41) is 3.89. The average molecular weight is 681 g/mol. The molecule has 2 amide bonds. The van der Waals surface area contributed by atoms with Crippen LogP contribution in [0.25, 0.3) is 0 Å². The van der Waals surface area contributed by atoms with Crippen LogP contribution in [0.4, 0.5) is 5.69 Å². The molecular formula is C36H39Cl2N3O4S. The van der Waals surface area contributed by atoms with Crippen molar-refractivity contribution in [2.24, 2.45) is 0 Å². The fraction of sp³-hybridized carbons (Fsp3) is 0.278. The molecule has 0 saturated heterocycles. The van der Waals surface area contributed by atoms with Gasteiger partial charge in [-0.15, -0.1) is 0 Å². The Morgan fingerprint density at radius 3 is 2.15 bits per heavy atom. The van der Waals surface area contributed by atoms with Gasteiger partial charge >= 0.3 is 0 Å². The summed E-state index contributed by atoms with van der Waals surface area (Å²) in [6.07, 6.45) is 1.91. The van der Waals surface area contributed by atoms with Crippen molar-refractivity contribution in [2.75, 3.05) is 17.4 Å². The number of carbonyl (C=O) groups excluding carboxylic acids is 2. The van der Waals surface area contributed by atoms with Crippen molar-refractivity contribution in [2.45, 2.75) is 57.5 Å². The largest absolute Gasteiger partial charge is 0.354 e. The fourth-order valence-electron chi connectivity index (χ4n) is 5.06. The fourth-order valence-corrected chi connectivity index (χ4v) is 6.83. The van der Waals surface area contributed by atoms with Crippen molar-refractivity contribution < 1.29 is 18.0 Å². The Labute approximate surface area is 282 Å². The maximum Gasteiger partial charge on any atom is 0.264 e. The molecule has 0 fully saturated rings. The number of unbranched alkanes of at least 4 members (excludes halogenated alkanes) is 1. The second-order valence-electron chi connectivity index (χ2n) is 11.2. The SMILES string of the molecule is CCCCNC(=O)[C@@H](Cc1ccccc1)N(Cc1ccc(Cl)cc1)C(=O)CN(c1cccc(Cl)c1C)S(=O)(=O)c1ccc(C)cc1. The van der Waals surface area contributed by atoms with Crippen LogP contribution in [0, 0.1) is 13.8 Å². The second-order valence-corrected chi connectivity index (χ2v) is 13.9. The molecule has 0 aliphatic heterocycles. The number of hydrogen-bond donors (Lipinski definition) is 1. The van der Waals surface area contributed by atoms with Gasteiger partial charge in [-0.05, 0) is 73.4 Å². The first-order valence-corrected chi connectivity index (χ1v) is 17.4. The Kier molecular flexibility index (Phi) is 12.3. The predicted octanol–water partition coefficient (Wildman–Crippen LogP) is 7.36. The smallest absolute Gasteiger partial charge is 0.264 e. The highest BCUT2D eigenvalue weighted by molar-refractivity contribution is 7.92. The molecule has 0 spiro atoms. The Bertz CT molecular complexity index is 1730. The number of carbonyl (C=O) groups is 2. The van der Waals surface area contributed by atoms with E-state index in [1.54, 1.807) is 61.5 Å². The molecule has 0 aliphatic rings. The quantitative estimate of drug-likeness (QED) is 0.141. The maximum absolute atomic E-state index is 14.6. The van der Waals surface area contributed by atoms with Gasteiger partial charge in [-0.1, -0.05) is 103 Å². The van der Waals surface area contributed by atoms with Crippen LogP contribution in [0.3, 0.4) is 0 Å². The molecule has 0 aromatic heterocycles. The summed E-state index contributed by atoms with van der Waals surface area (Å²) in [6.45, 7) is 5.57. The third-order valence-corrected chi connectivity index (χ3v) is 10.2. The van der Waals surface area contributed by atoms with Crippen LogP contribution in [-0.2, 0) is 32.6 Å². The Balaban J connectivity index is 1.81. The van der Waals surface area contributed by atoms with E-state index in [1.165, 1.54) is 17.0 Å². The van der Waals surface area contributed by atoms with E-state index < -0.39 is 28.5 Å². The van der Waals surface area contributed by atoms with Gasteiger partial charge in [0.15, 0.2) is 0 Å². The van der Waals surface area contributed by atoms with Gasteiger partial charge in [-0.3, -0.25) is 13.9 Å². The van der Waals surface area contributed by atoms with Gasteiger partial charge in [0.25, 0.3) is 10.0 Å². The van der Waals surface area contributed by atoms with Gasteiger partial charge in [0.2, 0.25) is 11.8 Å². The highest BCUT2D eigenvalue weighted by Gasteiger charge is 2.35. The number of halogens is 2. The third kappa shape index (κ3) is 8.90. The molecule has 7 nitrogen and oxygen atoms in total. The van der Waals surface area contributed by atoms with Crippen LogP contribution >= 0.6 is 23.2 Å². The summed E-state index contributed by atoms with van der Waals surface area (Å²) in [6, 6.07) is 27.0. The Hall–Kier alpha value is -3.85. The number of aryl methyl sites for hydroxylation is 1. The van der Waals surface area contributed by atoms with Gasteiger partial charge in [-0.2, -0.15) is 0 Å². The van der Waals surface area contributed by atoms with Crippen LogP contribution in [-0.4, -0.2) is 44.3 Å². The maximum atomic E-state index is 14.6. The first kappa shape index (κ1) is 35.0. The molecule has 0 unspecified atom stereocenters. The zero-order chi connectivity index (χ0) is 33.3. The summed E-state index contributed by atoms with van der Waals surface area (Å²) in [7, 11) is -4.23. The molecule has 0 saturated carbocycles. The molecule has 4 rings (SSSR count). The van der Waals surface area contributed by atoms with Crippen LogP contribution in [0.2, 0.25) is 10.0 Å². The van der Waals surface area contributed by atoms with E-state index in [0.29, 0.717) is 22.2 Å². The van der Waals surface area contributed by atoms with Crippen LogP contribution in [0.15, 0.2) is 102 Å². The summed E-state index contributed by atoms with van der Waals surface area (Å²) < 4.78 is 29.6. The molecule has 1 N–H and O–H groups in total.